The van der Waals surface area contributed by atoms with Crippen LogP contribution in [0.15, 0.2) is 72.3 Å². The highest BCUT2D eigenvalue weighted by Crippen LogP contribution is 2.38. The quantitative estimate of drug-likeness (QED) is 0.678. The summed E-state index contributed by atoms with van der Waals surface area (Å²) >= 11 is 0. The minimum absolute atomic E-state index is 0.147. The Bertz CT molecular complexity index is 1010. The Morgan fingerprint density at radius 1 is 0.958 bits per heavy atom. The first-order chi connectivity index (χ1) is 11.2. The monoisotopic (exact) mass is 339 g/mol. The van der Waals surface area contributed by atoms with Gasteiger partial charge in [0.25, 0.3) is 10.0 Å². The van der Waals surface area contributed by atoms with Crippen molar-refractivity contribution >= 4 is 26.5 Å². The third-order valence-electron chi connectivity index (χ3n) is 4.21. The molecule has 0 fully saturated rings. The first kappa shape index (κ1) is 16.5. The molecule has 0 bridgehead atoms. The number of para-hydroxylation sites is 1. The zero-order valence-electron chi connectivity index (χ0n) is 14.2. The van der Waals surface area contributed by atoms with E-state index in [0.717, 1.165) is 16.5 Å². The first-order valence-electron chi connectivity index (χ1n) is 7.83. The molecule has 0 saturated carbocycles. The Kier molecular flexibility index (Phi) is 3.88. The van der Waals surface area contributed by atoms with Gasteiger partial charge >= 0.3 is 0 Å². The fraction of sp³-hybridized carbons (Fsp3) is 0.200. The molecular formula is C20H21NO2S. The first-order valence-corrected chi connectivity index (χ1v) is 9.27. The maximum absolute atomic E-state index is 13.1. The molecule has 3 aromatic rings. The lowest BCUT2D eigenvalue weighted by atomic mass is 9.83. The van der Waals surface area contributed by atoms with Crippen molar-refractivity contribution in [2.45, 2.75) is 25.7 Å². The van der Waals surface area contributed by atoms with Gasteiger partial charge in [-0.15, -0.1) is 0 Å². The van der Waals surface area contributed by atoms with Gasteiger partial charge < -0.3 is 0 Å². The van der Waals surface area contributed by atoms with Crippen LogP contribution in [0.25, 0.3) is 16.5 Å². The smallest absolute Gasteiger partial charge is 0.241 e. The molecule has 0 aliphatic rings. The fourth-order valence-corrected chi connectivity index (χ4v) is 4.09. The van der Waals surface area contributed by atoms with Crippen LogP contribution < -0.4 is 0 Å². The van der Waals surface area contributed by atoms with Crippen molar-refractivity contribution < 1.29 is 8.42 Å². The van der Waals surface area contributed by atoms with Gasteiger partial charge in [-0.1, -0.05) is 63.7 Å². The Balaban J connectivity index is 2.30. The Morgan fingerprint density at radius 3 is 2.17 bits per heavy atom. The largest absolute Gasteiger partial charge is 0.268 e. The summed E-state index contributed by atoms with van der Waals surface area (Å²) in [5, 5.41) is 0.900. The van der Waals surface area contributed by atoms with Gasteiger partial charge in [0.1, 0.15) is 0 Å². The molecular weight excluding hydrogens is 318 g/mol. The Labute approximate surface area is 143 Å². The van der Waals surface area contributed by atoms with Crippen LogP contribution in [0.3, 0.4) is 0 Å². The van der Waals surface area contributed by atoms with Gasteiger partial charge in [-0.25, -0.2) is 12.4 Å². The van der Waals surface area contributed by atoms with E-state index in [4.69, 9.17) is 0 Å². The van der Waals surface area contributed by atoms with Crippen LogP contribution in [-0.4, -0.2) is 12.4 Å². The van der Waals surface area contributed by atoms with Gasteiger partial charge in [0, 0.05) is 17.1 Å². The maximum Gasteiger partial charge on any atom is 0.268 e. The van der Waals surface area contributed by atoms with E-state index in [2.05, 4.69) is 27.4 Å². The van der Waals surface area contributed by atoms with Gasteiger partial charge in [0.15, 0.2) is 0 Å². The molecule has 0 radical (unpaired) electrons. The third kappa shape index (κ3) is 2.67. The van der Waals surface area contributed by atoms with Crippen molar-refractivity contribution in [1.29, 1.82) is 0 Å². The van der Waals surface area contributed by atoms with E-state index in [1.54, 1.807) is 36.5 Å². The highest BCUT2D eigenvalue weighted by molar-refractivity contribution is 7.90. The van der Waals surface area contributed by atoms with E-state index in [-0.39, 0.29) is 10.3 Å². The SMILES string of the molecule is C=C(c1cn(S(=O)(=O)c2ccccc2)c2ccccc12)C(C)(C)C. The molecule has 3 rings (SSSR count). The number of rotatable bonds is 3. The summed E-state index contributed by atoms with van der Waals surface area (Å²) in [6.07, 6.45) is 1.70. The Morgan fingerprint density at radius 2 is 1.54 bits per heavy atom. The molecule has 0 atom stereocenters. The number of nitrogens with zero attached hydrogens (tertiary/aromatic N) is 1. The second kappa shape index (κ2) is 5.64. The number of allylic oxidation sites excluding steroid dienone is 1. The highest BCUT2D eigenvalue weighted by Gasteiger charge is 2.25. The zero-order chi connectivity index (χ0) is 17.5. The lowest BCUT2D eigenvalue weighted by molar-refractivity contribution is 0.568. The normalized spacial score (nSPS) is 12.5. The number of hydrogen-bond donors (Lipinski definition) is 0. The molecule has 0 aliphatic heterocycles. The lowest BCUT2D eigenvalue weighted by Gasteiger charge is -2.21. The Hall–Kier alpha value is -2.33. The molecule has 0 spiro atoms. The second-order valence-corrected chi connectivity index (χ2v) is 8.72. The minimum Gasteiger partial charge on any atom is -0.241 e. The molecule has 0 amide bonds. The van der Waals surface area contributed by atoms with Crippen LogP contribution in [0.5, 0.6) is 0 Å². The average molecular weight is 339 g/mol. The molecule has 1 heterocycles. The molecule has 0 saturated heterocycles. The van der Waals surface area contributed by atoms with E-state index in [1.807, 2.05) is 24.3 Å². The molecule has 0 aliphatic carbocycles. The van der Waals surface area contributed by atoms with E-state index in [0.29, 0.717) is 5.52 Å². The van der Waals surface area contributed by atoms with E-state index >= 15 is 0 Å². The van der Waals surface area contributed by atoms with Crippen molar-refractivity contribution in [3.8, 4) is 0 Å². The molecule has 2 aromatic carbocycles. The predicted octanol–water partition coefficient (Wildman–Crippen LogP) is 4.94. The van der Waals surface area contributed by atoms with Gasteiger partial charge in [-0.05, 0) is 29.2 Å². The topological polar surface area (TPSA) is 39.1 Å². The molecule has 1 aromatic heterocycles. The molecule has 0 unspecified atom stereocenters. The summed E-state index contributed by atoms with van der Waals surface area (Å²) in [5.74, 6) is 0. The number of fused-ring (bicyclic) bond motifs is 1. The molecule has 24 heavy (non-hydrogen) atoms. The van der Waals surface area contributed by atoms with Gasteiger partial charge in [-0.2, -0.15) is 0 Å². The van der Waals surface area contributed by atoms with Crippen LogP contribution in [0.4, 0.5) is 0 Å². The highest BCUT2D eigenvalue weighted by atomic mass is 32.2. The summed E-state index contributed by atoms with van der Waals surface area (Å²) in [6.45, 7) is 10.4. The van der Waals surface area contributed by atoms with Crippen molar-refractivity contribution in [3.63, 3.8) is 0 Å². The van der Waals surface area contributed by atoms with Gasteiger partial charge in [0.2, 0.25) is 0 Å². The fourth-order valence-electron chi connectivity index (χ4n) is 2.70. The van der Waals surface area contributed by atoms with Crippen LogP contribution in [0.2, 0.25) is 0 Å². The van der Waals surface area contributed by atoms with Crippen molar-refractivity contribution in [3.05, 3.63) is 72.9 Å². The lowest BCUT2D eigenvalue weighted by Crippen LogP contribution is -2.12. The van der Waals surface area contributed by atoms with Gasteiger partial charge in [0.05, 0.1) is 10.4 Å². The maximum atomic E-state index is 13.1. The second-order valence-electron chi connectivity index (χ2n) is 6.90. The van der Waals surface area contributed by atoms with Crippen molar-refractivity contribution in [2.75, 3.05) is 0 Å². The van der Waals surface area contributed by atoms with E-state index in [1.165, 1.54) is 3.97 Å². The number of benzene rings is 2. The average Bonchev–Trinajstić information content (AvgIpc) is 2.94. The molecule has 3 nitrogen and oxygen atoms in total. The van der Waals surface area contributed by atoms with Crippen LogP contribution in [0.1, 0.15) is 26.3 Å². The molecule has 0 N–H and O–H groups in total. The van der Waals surface area contributed by atoms with E-state index in [9.17, 15) is 8.42 Å². The third-order valence-corrected chi connectivity index (χ3v) is 5.90. The summed E-state index contributed by atoms with van der Waals surface area (Å²) in [5.41, 5.74) is 2.31. The van der Waals surface area contributed by atoms with Crippen molar-refractivity contribution in [2.24, 2.45) is 5.41 Å². The number of aromatic nitrogens is 1. The standard InChI is InChI=1S/C20H21NO2S/c1-15(20(2,3)4)18-14-21(19-13-9-8-12-17(18)19)24(22,23)16-10-6-5-7-11-16/h5-14H,1H2,2-4H3. The molecule has 4 heteroatoms. The predicted molar refractivity (Wildman–Crippen MR) is 99.5 cm³/mol. The van der Waals surface area contributed by atoms with Crippen LogP contribution in [0, 0.1) is 5.41 Å². The van der Waals surface area contributed by atoms with Crippen molar-refractivity contribution in [1.82, 2.24) is 3.97 Å². The minimum atomic E-state index is -3.65. The molecule has 124 valence electrons. The summed E-state index contributed by atoms with van der Waals surface area (Å²) in [7, 11) is -3.65. The summed E-state index contributed by atoms with van der Waals surface area (Å²) < 4.78 is 27.5. The van der Waals surface area contributed by atoms with Crippen LogP contribution in [-0.2, 0) is 10.0 Å². The zero-order valence-corrected chi connectivity index (χ0v) is 15.0. The van der Waals surface area contributed by atoms with Crippen LogP contribution >= 0.6 is 0 Å². The summed E-state index contributed by atoms with van der Waals surface area (Å²) in [6, 6.07) is 16.0. The van der Waals surface area contributed by atoms with Gasteiger partial charge in [-0.3, -0.25) is 0 Å². The number of hydrogen-bond acceptors (Lipinski definition) is 2. The summed E-state index contributed by atoms with van der Waals surface area (Å²) in [4.78, 5) is 0.277. The van der Waals surface area contributed by atoms with E-state index < -0.39 is 10.0 Å².